The lowest BCUT2D eigenvalue weighted by atomic mass is 10.1. The van der Waals surface area contributed by atoms with Crippen LogP contribution in [0.25, 0.3) is 0 Å². The minimum atomic E-state index is -3.88. The van der Waals surface area contributed by atoms with Gasteiger partial charge in [-0.25, -0.2) is 8.42 Å². The van der Waals surface area contributed by atoms with Gasteiger partial charge in [-0.1, -0.05) is 55.2 Å². The van der Waals surface area contributed by atoms with E-state index in [0.29, 0.717) is 22.8 Å². The molecule has 0 aliphatic carbocycles. The van der Waals surface area contributed by atoms with E-state index in [0.717, 1.165) is 17.0 Å². The Labute approximate surface area is 223 Å². The summed E-state index contributed by atoms with van der Waals surface area (Å²) in [6, 6.07) is 10.5. The Morgan fingerprint density at radius 1 is 1.06 bits per heavy atom. The number of rotatable bonds is 12. The van der Waals surface area contributed by atoms with Crippen molar-refractivity contribution in [1.29, 1.82) is 0 Å². The third-order valence-electron chi connectivity index (χ3n) is 5.79. The average molecular weight is 559 g/mol. The van der Waals surface area contributed by atoms with Gasteiger partial charge < -0.3 is 15.0 Å². The van der Waals surface area contributed by atoms with Crippen LogP contribution in [0.1, 0.15) is 39.2 Å². The molecule has 0 aliphatic rings. The lowest BCUT2D eigenvalue weighted by molar-refractivity contribution is -0.140. The van der Waals surface area contributed by atoms with Crippen LogP contribution >= 0.6 is 23.2 Å². The van der Waals surface area contributed by atoms with Gasteiger partial charge in [0.1, 0.15) is 18.3 Å². The zero-order valence-electron chi connectivity index (χ0n) is 21.1. The van der Waals surface area contributed by atoms with Crippen molar-refractivity contribution in [1.82, 2.24) is 10.2 Å². The third kappa shape index (κ3) is 7.75. The van der Waals surface area contributed by atoms with Gasteiger partial charge in [0, 0.05) is 17.6 Å². The van der Waals surface area contributed by atoms with E-state index in [1.807, 2.05) is 13.8 Å². The van der Waals surface area contributed by atoms with Crippen molar-refractivity contribution < 1.29 is 22.7 Å². The highest BCUT2D eigenvalue weighted by Crippen LogP contribution is 2.30. The molecule has 0 saturated heterocycles. The number of amides is 2. The summed E-state index contributed by atoms with van der Waals surface area (Å²) in [5, 5.41) is 3.56. The molecule has 0 aromatic heterocycles. The fraction of sp³-hybridized carbons (Fsp3) is 0.440. The van der Waals surface area contributed by atoms with Crippen LogP contribution in [-0.4, -0.2) is 57.1 Å². The molecule has 0 unspecified atom stereocenters. The minimum absolute atomic E-state index is 0.0336. The zero-order chi connectivity index (χ0) is 27.0. The van der Waals surface area contributed by atoms with Crippen LogP contribution < -0.4 is 14.4 Å². The molecule has 2 amide bonds. The maximum Gasteiger partial charge on any atom is 0.244 e. The van der Waals surface area contributed by atoms with E-state index in [2.05, 4.69) is 5.32 Å². The van der Waals surface area contributed by atoms with Crippen molar-refractivity contribution in [2.45, 2.75) is 52.2 Å². The van der Waals surface area contributed by atoms with Crippen LogP contribution in [0.2, 0.25) is 10.0 Å². The highest BCUT2D eigenvalue weighted by molar-refractivity contribution is 7.92. The molecule has 0 radical (unpaired) electrons. The number of methoxy groups -OCH3 is 1. The summed E-state index contributed by atoms with van der Waals surface area (Å²) in [6.07, 6.45) is 2.05. The van der Waals surface area contributed by atoms with Gasteiger partial charge in [-0.3, -0.25) is 13.9 Å². The topological polar surface area (TPSA) is 96.0 Å². The van der Waals surface area contributed by atoms with Crippen LogP contribution in [-0.2, 0) is 26.2 Å². The van der Waals surface area contributed by atoms with Crippen molar-refractivity contribution in [3.05, 3.63) is 58.1 Å². The summed E-state index contributed by atoms with van der Waals surface area (Å²) in [4.78, 5) is 28.2. The predicted molar refractivity (Wildman–Crippen MR) is 144 cm³/mol. The summed E-state index contributed by atoms with van der Waals surface area (Å²) in [5.74, 6) is -0.502. The summed E-state index contributed by atoms with van der Waals surface area (Å²) in [6.45, 7) is 5.13. The maximum atomic E-state index is 13.7. The number of carbonyl (C=O) groups is 2. The summed E-state index contributed by atoms with van der Waals surface area (Å²) in [5.41, 5.74) is 0.840. The van der Waals surface area contributed by atoms with Crippen molar-refractivity contribution in [2.24, 2.45) is 0 Å². The minimum Gasteiger partial charge on any atom is -0.495 e. The molecule has 198 valence electrons. The zero-order valence-corrected chi connectivity index (χ0v) is 23.5. The van der Waals surface area contributed by atoms with E-state index in [1.54, 1.807) is 31.2 Å². The number of hydrogen-bond donors (Lipinski definition) is 1. The molecule has 2 rings (SSSR count). The number of ether oxygens (including phenoxy) is 1. The van der Waals surface area contributed by atoms with E-state index in [-0.39, 0.29) is 29.2 Å². The number of carbonyl (C=O) groups excluding carboxylic acids is 2. The Balaban J connectivity index is 2.48. The lowest BCUT2D eigenvalue weighted by Gasteiger charge is -2.33. The van der Waals surface area contributed by atoms with Crippen LogP contribution in [0, 0.1) is 0 Å². The molecule has 0 aliphatic heterocycles. The molecular weight excluding hydrogens is 525 g/mol. The highest BCUT2D eigenvalue weighted by Gasteiger charge is 2.32. The standard InChI is InChI=1S/C25H33Cl2N3O5S/c1-6-17(3)28-25(32)22(7-2)29(15-18-10-8-9-11-20(18)26)24(31)16-30(36(5,33)34)19-12-13-23(35-4)21(27)14-19/h8-14,17,22H,6-7,15-16H2,1-5H3,(H,28,32)/t17-,22+/m0/s1. The van der Waals surface area contributed by atoms with Crippen LogP contribution in [0.15, 0.2) is 42.5 Å². The number of anilines is 1. The van der Waals surface area contributed by atoms with Crippen LogP contribution in [0.4, 0.5) is 5.69 Å². The Kier molecular flexibility index (Phi) is 10.9. The van der Waals surface area contributed by atoms with Gasteiger partial charge in [0.2, 0.25) is 21.8 Å². The summed E-state index contributed by atoms with van der Waals surface area (Å²) in [7, 11) is -2.43. The first-order chi connectivity index (χ1) is 16.9. The second kappa shape index (κ2) is 13.2. The molecule has 0 bridgehead atoms. The molecule has 8 nitrogen and oxygen atoms in total. The quantitative estimate of drug-likeness (QED) is 0.414. The smallest absolute Gasteiger partial charge is 0.244 e. The van der Waals surface area contributed by atoms with E-state index < -0.39 is 28.5 Å². The van der Waals surface area contributed by atoms with Crippen LogP contribution in [0.5, 0.6) is 5.75 Å². The Morgan fingerprint density at radius 3 is 2.25 bits per heavy atom. The van der Waals surface area contributed by atoms with Gasteiger partial charge in [-0.15, -0.1) is 0 Å². The molecule has 2 aromatic rings. The largest absolute Gasteiger partial charge is 0.495 e. The van der Waals surface area contributed by atoms with Crippen molar-refractivity contribution in [3.63, 3.8) is 0 Å². The second-order valence-electron chi connectivity index (χ2n) is 8.44. The normalized spacial score (nSPS) is 13.0. The first-order valence-electron chi connectivity index (χ1n) is 11.6. The van der Waals surface area contributed by atoms with Crippen LogP contribution in [0.3, 0.4) is 0 Å². The molecule has 11 heteroatoms. The molecule has 36 heavy (non-hydrogen) atoms. The molecule has 2 atom stereocenters. The third-order valence-corrected chi connectivity index (χ3v) is 7.59. The number of hydrogen-bond acceptors (Lipinski definition) is 5. The average Bonchev–Trinajstić information content (AvgIpc) is 2.82. The SMILES string of the molecule is CC[C@H](C(=O)N[C@@H](C)CC)N(Cc1ccccc1Cl)C(=O)CN(c1ccc(OC)c(Cl)c1)S(C)(=O)=O. The fourth-order valence-corrected chi connectivity index (χ4v) is 4.88. The fourth-order valence-electron chi connectivity index (χ4n) is 3.59. The molecule has 0 fully saturated rings. The number of halogens is 2. The van der Waals surface area contributed by atoms with E-state index in [4.69, 9.17) is 27.9 Å². The number of sulfonamides is 1. The van der Waals surface area contributed by atoms with E-state index in [1.165, 1.54) is 30.2 Å². The van der Waals surface area contributed by atoms with Crippen molar-refractivity contribution in [3.8, 4) is 5.75 Å². The van der Waals surface area contributed by atoms with Crippen molar-refractivity contribution >= 4 is 50.7 Å². The molecule has 2 aromatic carbocycles. The van der Waals surface area contributed by atoms with Gasteiger partial charge >= 0.3 is 0 Å². The second-order valence-corrected chi connectivity index (χ2v) is 11.2. The Hall–Kier alpha value is -2.49. The predicted octanol–water partition coefficient (Wildman–Crippen LogP) is 4.49. The molecule has 0 spiro atoms. The molecular formula is C25H33Cl2N3O5S. The molecule has 0 saturated carbocycles. The van der Waals surface area contributed by atoms with Crippen molar-refractivity contribution in [2.75, 3.05) is 24.2 Å². The number of nitrogens with zero attached hydrogens (tertiary/aromatic N) is 2. The molecule has 0 heterocycles. The van der Waals surface area contributed by atoms with Gasteiger partial charge in [0.15, 0.2) is 0 Å². The molecule has 1 N–H and O–H groups in total. The maximum absolute atomic E-state index is 13.7. The Morgan fingerprint density at radius 2 is 1.72 bits per heavy atom. The first kappa shape index (κ1) is 29.7. The Bertz CT molecular complexity index is 1180. The monoisotopic (exact) mass is 557 g/mol. The lowest BCUT2D eigenvalue weighted by Crippen LogP contribution is -2.53. The number of benzene rings is 2. The summed E-state index contributed by atoms with van der Waals surface area (Å²) >= 11 is 12.6. The van der Waals surface area contributed by atoms with Gasteiger partial charge in [0.25, 0.3) is 0 Å². The number of nitrogens with one attached hydrogen (secondary N) is 1. The summed E-state index contributed by atoms with van der Waals surface area (Å²) < 4.78 is 31.5. The van der Waals surface area contributed by atoms with Gasteiger partial charge in [-0.2, -0.15) is 0 Å². The van der Waals surface area contributed by atoms with E-state index >= 15 is 0 Å². The van der Waals surface area contributed by atoms with Gasteiger partial charge in [-0.05, 0) is 49.6 Å². The van der Waals surface area contributed by atoms with Gasteiger partial charge in [0.05, 0.1) is 24.1 Å². The van der Waals surface area contributed by atoms with E-state index in [9.17, 15) is 18.0 Å². The first-order valence-corrected chi connectivity index (χ1v) is 14.2. The highest BCUT2D eigenvalue weighted by atomic mass is 35.5.